The van der Waals surface area contributed by atoms with E-state index in [-0.39, 0.29) is 17.3 Å². The molecule has 0 spiro atoms. The van der Waals surface area contributed by atoms with E-state index >= 15 is 0 Å². The minimum absolute atomic E-state index is 0.00925. The van der Waals surface area contributed by atoms with Crippen molar-refractivity contribution in [3.05, 3.63) is 48.0 Å². The number of rotatable bonds is 2. The molecular formula is C16H12O3S. The highest BCUT2D eigenvalue weighted by molar-refractivity contribution is 7.22. The Hall–Kier alpha value is -2.33. The number of Topliss-reactive ketones (excluding diaryl/α,β-unsaturated/α-hetero) is 1. The second-order valence-electron chi connectivity index (χ2n) is 4.59. The van der Waals surface area contributed by atoms with Crippen LogP contribution in [0.4, 0.5) is 0 Å². The number of benzene rings is 2. The van der Waals surface area contributed by atoms with Gasteiger partial charge in [-0.2, -0.15) is 0 Å². The summed E-state index contributed by atoms with van der Waals surface area (Å²) in [4.78, 5) is 12.8. The van der Waals surface area contributed by atoms with Gasteiger partial charge in [-0.3, -0.25) is 4.79 Å². The van der Waals surface area contributed by atoms with Gasteiger partial charge in [0.05, 0.1) is 0 Å². The summed E-state index contributed by atoms with van der Waals surface area (Å²) in [5.41, 5.74) is 1.55. The zero-order chi connectivity index (χ0) is 14.3. The fourth-order valence-electron chi connectivity index (χ4n) is 2.25. The van der Waals surface area contributed by atoms with Crippen molar-refractivity contribution in [3.8, 4) is 21.9 Å². The molecule has 3 nitrogen and oxygen atoms in total. The number of phenols is 2. The molecule has 2 aromatic carbocycles. The van der Waals surface area contributed by atoms with Gasteiger partial charge in [-0.1, -0.05) is 0 Å². The van der Waals surface area contributed by atoms with Crippen molar-refractivity contribution in [2.45, 2.75) is 6.92 Å². The van der Waals surface area contributed by atoms with Crippen LogP contribution in [0.3, 0.4) is 0 Å². The van der Waals surface area contributed by atoms with E-state index in [1.54, 1.807) is 42.5 Å². The zero-order valence-corrected chi connectivity index (χ0v) is 11.6. The quantitative estimate of drug-likeness (QED) is 0.694. The van der Waals surface area contributed by atoms with E-state index in [2.05, 4.69) is 0 Å². The number of ketones is 1. The molecule has 100 valence electrons. The van der Waals surface area contributed by atoms with E-state index in [9.17, 15) is 15.0 Å². The van der Waals surface area contributed by atoms with Gasteiger partial charge in [0.25, 0.3) is 0 Å². The largest absolute Gasteiger partial charge is 0.508 e. The summed E-state index contributed by atoms with van der Waals surface area (Å²) in [6, 6.07) is 11.8. The first-order chi connectivity index (χ1) is 9.56. The Morgan fingerprint density at radius 2 is 1.65 bits per heavy atom. The molecule has 0 atom stereocenters. The van der Waals surface area contributed by atoms with E-state index in [0.717, 1.165) is 20.5 Å². The summed E-state index contributed by atoms with van der Waals surface area (Å²) >= 11 is 1.46. The molecular weight excluding hydrogens is 272 g/mol. The zero-order valence-electron chi connectivity index (χ0n) is 10.8. The highest BCUT2D eigenvalue weighted by Gasteiger charge is 2.17. The van der Waals surface area contributed by atoms with E-state index in [1.807, 2.05) is 0 Å². The van der Waals surface area contributed by atoms with Crippen LogP contribution in [0.1, 0.15) is 17.3 Å². The molecule has 1 aromatic heterocycles. The summed E-state index contributed by atoms with van der Waals surface area (Å²) in [7, 11) is 0. The van der Waals surface area contributed by atoms with Gasteiger partial charge < -0.3 is 10.2 Å². The first-order valence-corrected chi connectivity index (χ1v) is 6.94. The van der Waals surface area contributed by atoms with Crippen LogP contribution < -0.4 is 0 Å². The number of hydrogen-bond donors (Lipinski definition) is 2. The molecule has 0 aliphatic rings. The Balaban J connectivity index is 2.31. The average Bonchev–Trinajstić information content (AvgIpc) is 2.77. The summed E-state index contributed by atoms with van der Waals surface area (Å²) in [6.45, 7) is 1.54. The molecule has 0 radical (unpaired) electrons. The number of carbonyl (C=O) groups excluding carboxylic acids is 1. The summed E-state index contributed by atoms with van der Waals surface area (Å²) in [5, 5.41) is 19.8. The third kappa shape index (κ3) is 2.04. The Kier molecular flexibility index (Phi) is 2.95. The van der Waals surface area contributed by atoms with Crippen LogP contribution in [-0.4, -0.2) is 16.0 Å². The van der Waals surface area contributed by atoms with Crippen LogP contribution in [0, 0.1) is 0 Å². The van der Waals surface area contributed by atoms with Crippen LogP contribution in [0.2, 0.25) is 0 Å². The van der Waals surface area contributed by atoms with Crippen molar-refractivity contribution >= 4 is 27.2 Å². The lowest BCUT2D eigenvalue weighted by Gasteiger charge is -2.02. The molecule has 1 heterocycles. The number of hydrogen-bond acceptors (Lipinski definition) is 4. The van der Waals surface area contributed by atoms with Gasteiger partial charge >= 0.3 is 0 Å². The molecule has 0 unspecified atom stereocenters. The third-order valence-electron chi connectivity index (χ3n) is 3.16. The Morgan fingerprint density at radius 1 is 1.00 bits per heavy atom. The molecule has 0 fully saturated rings. The van der Waals surface area contributed by atoms with Crippen LogP contribution in [0.15, 0.2) is 42.5 Å². The van der Waals surface area contributed by atoms with Gasteiger partial charge in [0, 0.05) is 20.5 Å². The topological polar surface area (TPSA) is 57.5 Å². The maximum Gasteiger partial charge on any atom is 0.161 e. The van der Waals surface area contributed by atoms with Crippen molar-refractivity contribution in [1.29, 1.82) is 0 Å². The predicted octanol–water partition coefficient (Wildman–Crippen LogP) is 4.18. The second-order valence-corrected chi connectivity index (χ2v) is 5.64. The highest BCUT2D eigenvalue weighted by Crippen LogP contribution is 2.40. The van der Waals surface area contributed by atoms with Crippen LogP contribution in [0.25, 0.3) is 20.5 Å². The van der Waals surface area contributed by atoms with Crippen molar-refractivity contribution < 1.29 is 15.0 Å². The normalized spacial score (nSPS) is 10.8. The molecule has 2 N–H and O–H groups in total. The smallest absolute Gasteiger partial charge is 0.161 e. The lowest BCUT2D eigenvalue weighted by molar-refractivity contribution is 0.102. The molecule has 0 amide bonds. The number of aromatic hydroxyl groups is 2. The van der Waals surface area contributed by atoms with E-state index in [0.29, 0.717) is 5.56 Å². The van der Waals surface area contributed by atoms with E-state index < -0.39 is 0 Å². The number of carbonyl (C=O) groups is 1. The number of phenolic OH excluding ortho intramolecular Hbond substituents is 2. The SMILES string of the molecule is CC(=O)c1c(-c2ccc(O)cc2)sc2cc(O)ccc12. The Labute approximate surface area is 119 Å². The summed E-state index contributed by atoms with van der Waals surface area (Å²) < 4.78 is 0.873. The third-order valence-corrected chi connectivity index (χ3v) is 4.36. The van der Waals surface area contributed by atoms with Gasteiger partial charge in [-0.15, -0.1) is 11.3 Å². The first kappa shape index (κ1) is 12.7. The molecule has 4 heteroatoms. The Morgan fingerprint density at radius 3 is 2.30 bits per heavy atom. The first-order valence-electron chi connectivity index (χ1n) is 6.12. The molecule has 3 rings (SSSR count). The fourth-order valence-corrected chi connectivity index (χ4v) is 3.54. The van der Waals surface area contributed by atoms with Crippen molar-refractivity contribution in [2.24, 2.45) is 0 Å². The van der Waals surface area contributed by atoms with Crippen LogP contribution in [0.5, 0.6) is 11.5 Å². The molecule has 0 saturated heterocycles. The monoisotopic (exact) mass is 284 g/mol. The van der Waals surface area contributed by atoms with Crippen molar-refractivity contribution in [1.82, 2.24) is 0 Å². The van der Waals surface area contributed by atoms with Crippen molar-refractivity contribution in [3.63, 3.8) is 0 Å². The van der Waals surface area contributed by atoms with Crippen LogP contribution in [-0.2, 0) is 0 Å². The standard InChI is InChI=1S/C16H12O3S/c1-9(17)15-13-7-6-12(19)8-14(13)20-16(15)10-2-4-11(18)5-3-10/h2-8,18-19H,1H3. The van der Waals surface area contributed by atoms with Crippen LogP contribution >= 0.6 is 11.3 Å². The highest BCUT2D eigenvalue weighted by atomic mass is 32.1. The molecule has 0 aliphatic carbocycles. The summed E-state index contributed by atoms with van der Waals surface area (Å²) in [6.07, 6.45) is 0. The maximum absolute atomic E-state index is 12.0. The second kappa shape index (κ2) is 4.65. The predicted molar refractivity (Wildman–Crippen MR) is 80.6 cm³/mol. The van der Waals surface area contributed by atoms with E-state index in [4.69, 9.17) is 0 Å². The van der Waals surface area contributed by atoms with Gasteiger partial charge in [0.15, 0.2) is 5.78 Å². The molecule has 3 aromatic rings. The minimum Gasteiger partial charge on any atom is -0.508 e. The van der Waals surface area contributed by atoms with Gasteiger partial charge in [-0.05, 0) is 55.0 Å². The lowest BCUT2D eigenvalue weighted by Crippen LogP contribution is -1.92. The molecule has 0 saturated carbocycles. The van der Waals surface area contributed by atoms with Gasteiger partial charge in [-0.25, -0.2) is 0 Å². The Bertz CT molecular complexity index is 800. The average molecular weight is 284 g/mol. The van der Waals surface area contributed by atoms with Gasteiger partial charge in [0.2, 0.25) is 0 Å². The maximum atomic E-state index is 12.0. The molecule has 0 bridgehead atoms. The fraction of sp³-hybridized carbons (Fsp3) is 0.0625. The van der Waals surface area contributed by atoms with Crippen molar-refractivity contribution in [2.75, 3.05) is 0 Å². The molecule has 0 aliphatic heterocycles. The molecule has 20 heavy (non-hydrogen) atoms. The van der Waals surface area contributed by atoms with Gasteiger partial charge in [0.1, 0.15) is 11.5 Å². The number of thiophene rings is 1. The minimum atomic E-state index is -0.00925. The lowest BCUT2D eigenvalue weighted by atomic mass is 10.0. The van der Waals surface area contributed by atoms with E-state index in [1.165, 1.54) is 18.3 Å². The summed E-state index contributed by atoms with van der Waals surface area (Å²) in [5.74, 6) is 0.369. The number of fused-ring (bicyclic) bond motifs is 1.